The molecule has 18 heavy (non-hydrogen) atoms. The molecule has 2 atom stereocenters. The molecule has 2 unspecified atom stereocenters. The van der Waals surface area contributed by atoms with Gasteiger partial charge in [0.1, 0.15) is 0 Å². The minimum atomic E-state index is -3.92. The van der Waals surface area contributed by atoms with E-state index in [2.05, 4.69) is 9.46 Å². The van der Waals surface area contributed by atoms with Crippen molar-refractivity contribution in [2.24, 2.45) is 11.8 Å². The summed E-state index contributed by atoms with van der Waals surface area (Å²) < 4.78 is 29.8. The van der Waals surface area contributed by atoms with Crippen molar-refractivity contribution in [2.75, 3.05) is 13.7 Å². The third kappa shape index (κ3) is 4.61. The molecule has 0 bridgehead atoms. The zero-order valence-corrected chi connectivity index (χ0v) is 11.7. The van der Waals surface area contributed by atoms with E-state index in [1.165, 1.54) is 6.92 Å². The highest BCUT2D eigenvalue weighted by molar-refractivity contribution is 7.90. The van der Waals surface area contributed by atoms with Crippen LogP contribution < -0.4 is 4.72 Å². The van der Waals surface area contributed by atoms with Gasteiger partial charge in [-0.3, -0.25) is 9.59 Å². The largest absolute Gasteiger partial charge is 0.481 e. The number of rotatable bonds is 7. The Balaban J connectivity index is 4.70. The molecule has 0 heterocycles. The number of nitrogens with one attached hydrogen (secondary N) is 1. The first kappa shape index (κ1) is 16.9. The van der Waals surface area contributed by atoms with E-state index in [9.17, 15) is 18.0 Å². The molecule has 8 heteroatoms. The lowest BCUT2D eigenvalue weighted by atomic mass is 9.97. The number of hydrogen-bond donors (Lipinski definition) is 2. The molecule has 2 N–H and O–H groups in total. The van der Waals surface area contributed by atoms with Crippen LogP contribution in [0.1, 0.15) is 20.8 Å². The van der Waals surface area contributed by atoms with Crippen LogP contribution >= 0.6 is 0 Å². The SMILES string of the molecule is COC(=O)C(C)S(=O)(=O)NCC(C(=O)O)C(C)C. The third-order valence-electron chi connectivity index (χ3n) is 2.62. The second-order valence-electron chi connectivity index (χ2n) is 4.25. The topological polar surface area (TPSA) is 110 Å². The predicted octanol–water partition coefficient (Wildman–Crippen LogP) is -0.176. The summed E-state index contributed by atoms with van der Waals surface area (Å²) in [6.45, 7) is 4.28. The van der Waals surface area contributed by atoms with E-state index in [0.29, 0.717) is 0 Å². The summed E-state index contributed by atoms with van der Waals surface area (Å²) in [4.78, 5) is 22.0. The van der Waals surface area contributed by atoms with Crippen LogP contribution in [0, 0.1) is 11.8 Å². The summed E-state index contributed by atoms with van der Waals surface area (Å²) >= 11 is 0. The molecule has 0 aliphatic rings. The van der Waals surface area contributed by atoms with Crippen molar-refractivity contribution in [3.8, 4) is 0 Å². The quantitative estimate of drug-likeness (QED) is 0.627. The summed E-state index contributed by atoms with van der Waals surface area (Å²) in [5, 5.41) is 7.54. The Labute approximate surface area is 107 Å². The van der Waals surface area contributed by atoms with Gasteiger partial charge in [0.15, 0.2) is 5.25 Å². The van der Waals surface area contributed by atoms with Crippen LogP contribution in [0.5, 0.6) is 0 Å². The summed E-state index contributed by atoms with van der Waals surface area (Å²) in [6.07, 6.45) is 0. The summed E-state index contributed by atoms with van der Waals surface area (Å²) in [5.41, 5.74) is 0. The van der Waals surface area contributed by atoms with Crippen molar-refractivity contribution in [3.05, 3.63) is 0 Å². The lowest BCUT2D eigenvalue weighted by molar-refractivity contribution is -0.143. The molecule has 0 radical (unpaired) electrons. The fraction of sp³-hybridized carbons (Fsp3) is 0.800. The summed E-state index contributed by atoms with van der Waals surface area (Å²) in [7, 11) is -2.84. The van der Waals surface area contributed by atoms with Gasteiger partial charge >= 0.3 is 11.9 Å². The van der Waals surface area contributed by atoms with Crippen molar-refractivity contribution < 1.29 is 27.9 Å². The first-order valence-corrected chi connectivity index (χ1v) is 6.97. The highest BCUT2D eigenvalue weighted by atomic mass is 32.2. The maximum Gasteiger partial charge on any atom is 0.325 e. The van der Waals surface area contributed by atoms with E-state index in [1.807, 2.05) is 0 Å². The first-order chi connectivity index (χ1) is 8.13. The third-order valence-corrected chi connectivity index (χ3v) is 4.32. The van der Waals surface area contributed by atoms with Crippen LogP contribution in [-0.2, 0) is 24.3 Å². The molecule has 0 fully saturated rings. The zero-order chi connectivity index (χ0) is 14.5. The Morgan fingerprint density at radius 3 is 2.11 bits per heavy atom. The Morgan fingerprint density at radius 1 is 1.28 bits per heavy atom. The Morgan fingerprint density at radius 2 is 1.78 bits per heavy atom. The second kappa shape index (κ2) is 6.69. The highest BCUT2D eigenvalue weighted by Gasteiger charge is 2.31. The molecule has 0 spiro atoms. The van der Waals surface area contributed by atoms with Crippen molar-refractivity contribution in [3.63, 3.8) is 0 Å². The monoisotopic (exact) mass is 281 g/mol. The minimum Gasteiger partial charge on any atom is -0.481 e. The molecule has 7 nitrogen and oxygen atoms in total. The van der Waals surface area contributed by atoms with E-state index in [1.54, 1.807) is 13.8 Å². The van der Waals surface area contributed by atoms with Gasteiger partial charge in [-0.15, -0.1) is 0 Å². The number of hydrogen-bond acceptors (Lipinski definition) is 5. The fourth-order valence-corrected chi connectivity index (χ4v) is 2.24. The van der Waals surface area contributed by atoms with Gasteiger partial charge in [-0.25, -0.2) is 13.1 Å². The van der Waals surface area contributed by atoms with Gasteiger partial charge in [-0.2, -0.15) is 0 Å². The number of ether oxygens (including phenoxy) is 1. The second-order valence-corrected chi connectivity index (χ2v) is 6.33. The molecular weight excluding hydrogens is 262 g/mol. The van der Waals surface area contributed by atoms with Gasteiger partial charge in [-0.1, -0.05) is 13.8 Å². The van der Waals surface area contributed by atoms with E-state index in [-0.39, 0.29) is 12.5 Å². The minimum absolute atomic E-state index is 0.223. The molecule has 0 aliphatic heterocycles. The van der Waals surface area contributed by atoms with Gasteiger partial charge in [0.05, 0.1) is 13.0 Å². The lowest BCUT2D eigenvalue weighted by Crippen LogP contribution is -2.42. The number of esters is 1. The number of sulfonamides is 1. The average Bonchev–Trinajstić information content (AvgIpc) is 2.25. The predicted molar refractivity (Wildman–Crippen MR) is 64.4 cm³/mol. The lowest BCUT2D eigenvalue weighted by Gasteiger charge is -2.18. The first-order valence-electron chi connectivity index (χ1n) is 5.42. The maximum atomic E-state index is 11.7. The van der Waals surface area contributed by atoms with Gasteiger partial charge in [0, 0.05) is 6.54 Å². The molecule has 0 aromatic rings. The summed E-state index contributed by atoms with van der Waals surface area (Å²) in [5.74, 6) is -3.04. The standard InChI is InChI=1S/C10H19NO6S/c1-6(2)8(9(12)13)5-11-18(15,16)7(3)10(14)17-4/h6-8,11H,5H2,1-4H3,(H,12,13). The van der Waals surface area contributed by atoms with Gasteiger partial charge in [0.25, 0.3) is 0 Å². The highest BCUT2D eigenvalue weighted by Crippen LogP contribution is 2.11. The number of aliphatic carboxylic acids is 1. The molecule has 106 valence electrons. The molecule has 0 saturated heterocycles. The van der Waals surface area contributed by atoms with Crippen LogP contribution in [0.2, 0.25) is 0 Å². The van der Waals surface area contributed by atoms with Crippen molar-refractivity contribution in [1.29, 1.82) is 0 Å². The van der Waals surface area contributed by atoms with Crippen LogP contribution in [-0.4, -0.2) is 44.4 Å². The van der Waals surface area contributed by atoms with E-state index in [0.717, 1.165) is 7.11 Å². The number of carboxylic acids is 1. The van der Waals surface area contributed by atoms with Crippen LogP contribution in [0.3, 0.4) is 0 Å². The van der Waals surface area contributed by atoms with E-state index in [4.69, 9.17) is 5.11 Å². The van der Waals surface area contributed by atoms with E-state index >= 15 is 0 Å². The number of methoxy groups -OCH3 is 1. The van der Waals surface area contributed by atoms with E-state index < -0.39 is 33.1 Å². The molecular formula is C10H19NO6S. The van der Waals surface area contributed by atoms with Gasteiger partial charge in [0.2, 0.25) is 10.0 Å². The Hall–Kier alpha value is -1.15. The van der Waals surface area contributed by atoms with Crippen LogP contribution in [0.4, 0.5) is 0 Å². The molecule has 0 rings (SSSR count). The average molecular weight is 281 g/mol. The zero-order valence-electron chi connectivity index (χ0n) is 10.8. The Bertz CT molecular complexity index is 403. The van der Waals surface area contributed by atoms with Crippen LogP contribution in [0.25, 0.3) is 0 Å². The Kier molecular flexibility index (Phi) is 6.27. The van der Waals surface area contributed by atoms with Crippen molar-refractivity contribution >= 4 is 22.0 Å². The molecule has 0 saturated carbocycles. The van der Waals surface area contributed by atoms with Crippen LogP contribution in [0.15, 0.2) is 0 Å². The molecule has 0 aromatic heterocycles. The van der Waals surface area contributed by atoms with Crippen molar-refractivity contribution in [2.45, 2.75) is 26.0 Å². The number of carbonyl (C=O) groups excluding carboxylic acids is 1. The fourth-order valence-electron chi connectivity index (χ4n) is 1.23. The van der Waals surface area contributed by atoms with Gasteiger partial charge < -0.3 is 9.84 Å². The van der Waals surface area contributed by atoms with Gasteiger partial charge in [-0.05, 0) is 12.8 Å². The molecule has 0 amide bonds. The number of carboxylic acid groups (broad SMARTS) is 1. The molecule has 0 aromatic carbocycles. The summed E-state index contributed by atoms with van der Waals surface area (Å²) in [6, 6.07) is 0. The molecule has 0 aliphatic carbocycles. The number of carbonyl (C=O) groups is 2. The maximum absolute atomic E-state index is 11.7. The van der Waals surface area contributed by atoms with Crippen molar-refractivity contribution in [1.82, 2.24) is 4.72 Å². The normalized spacial score (nSPS) is 15.2. The smallest absolute Gasteiger partial charge is 0.325 e.